The van der Waals surface area contributed by atoms with E-state index >= 15 is 0 Å². The molecule has 0 aliphatic carbocycles. The van der Waals surface area contributed by atoms with Crippen LogP contribution in [-0.2, 0) is 24.5 Å². The van der Waals surface area contributed by atoms with Gasteiger partial charge in [0.05, 0.1) is 11.3 Å². The summed E-state index contributed by atoms with van der Waals surface area (Å²) in [7, 11) is -4.91. The van der Waals surface area contributed by atoms with E-state index in [1.54, 1.807) is 0 Å². The minimum absolute atomic E-state index is 0.185. The summed E-state index contributed by atoms with van der Waals surface area (Å²) in [5.41, 5.74) is 6.59. The third kappa shape index (κ3) is 3.59. The van der Waals surface area contributed by atoms with Crippen molar-refractivity contribution in [1.82, 2.24) is 5.06 Å². The van der Waals surface area contributed by atoms with Crippen LogP contribution in [0.15, 0.2) is 23.3 Å². The molecule has 1 aliphatic rings. The number of amides is 2. The number of nitrogens with zero attached hydrogens (tertiary/aromatic N) is 5. The lowest BCUT2D eigenvalue weighted by atomic mass is 10.1. The van der Waals surface area contributed by atoms with Crippen LogP contribution in [0.1, 0.15) is 16.8 Å². The zero-order chi connectivity index (χ0) is 19.6. The maximum Gasteiger partial charge on any atom is 0.370 e. The minimum Gasteiger partial charge on any atom is -0.325 e. The lowest BCUT2D eigenvalue weighted by molar-refractivity contribution is -0.385. The Morgan fingerprint density at radius 3 is 2.62 bits per heavy atom. The molecular formula is C11H7N5O9S. The molecule has 0 saturated carbocycles. The monoisotopic (exact) mass is 385 g/mol. The van der Waals surface area contributed by atoms with E-state index in [9.17, 15) is 32.9 Å². The summed E-state index contributed by atoms with van der Waals surface area (Å²) in [5, 5.41) is 11.8. The molecule has 1 aromatic carbocycles. The van der Waals surface area contributed by atoms with E-state index in [0.717, 1.165) is 18.2 Å². The molecule has 1 unspecified atom stereocenters. The normalized spacial score (nSPS) is 17.0. The van der Waals surface area contributed by atoms with E-state index in [-0.39, 0.29) is 10.8 Å². The second-order valence-electron chi connectivity index (χ2n) is 4.76. The molecule has 0 aromatic heterocycles. The van der Waals surface area contributed by atoms with Gasteiger partial charge in [0.1, 0.15) is 5.56 Å². The van der Waals surface area contributed by atoms with Crippen molar-refractivity contribution in [3.63, 3.8) is 0 Å². The number of hydrogen-bond donors (Lipinski definition) is 1. The van der Waals surface area contributed by atoms with Gasteiger partial charge in [-0.1, -0.05) is 11.2 Å². The molecule has 14 nitrogen and oxygen atoms in total. The summed E-state index contributed by atoms with van der Waals surface area (Å²) in [6.07, 6.45) is -0.955. The van der Waals surface area contributed by atoms with Gasteiger partial charge >= 0.3 is 5.97 Å². The van der Waals surface area contributed by atoms with E-state index in [0.29, 0.717) is 0 Å². The van der Waals surface area contributed by atoms with Crippen LogP contribution in [0.25, 0.3) is 10.4 Å². The van der Waals surface area contributed by atoms with Gasteiger partial charge in [-0.2, -0.15) is 8.42 Å². The smallest absolute Gasteiger partial charge is 0.325 e. The number of nitro groups is 1. The van der Waals surface area contributed by atoms with Gasteiger partial charge in [0, 0.05) is 16.7 Å². The van der Waals surface area contributed by atoms with Gasteiger partial charge in [0.15, 0.2) is 5.25 Å². The highest BCUT2D eigenvalue weighted by molar-refractivity contribution is 7.87. The summed E-state index contributed by atoms with van der Waals surface area (Å²) in [6.45, 7) is 0. The molecule has 2 rings (SSSR count). The molecule has 1 fully saturated rings. The minimum atomic E-state index is -4.91. The largest absolute Gasteiger partial charge is 0.370 e. The first-order chi connectivity index (χ1) is 12.1. The molecule has 136 valence electrons. The average molecular weight is 385 g/mol. The van der Waals surface area contributed by atoms with Crippen LogP contribution in [0.5, 0.6) is 0 Å². The van der Waals surface area contributed by atoms with Crippen molar-refractivity contribution in [2.45, 2.75) is 11.7 Å². The topological polar surface area (TPSA) is 210 Å². The van der Waals surface area contributed by atoms with Crippen molar-refractivity contribution in [3.8, 4) is 0 Å². The van der Waals surface area contributed by atoms with Crippen molar-refractivity contribution in [1.29, 1.82) is 0 Å². The van der Waals surface area contributed by atoms with Crippen LogP contribution in [0.3, 0.4) is 0 Å². The second-order valence-corrected chi connectivity index (χ2v) is 6.36. The summed E-state index contributed by atoms with van der Waals surface area (Å²) in [4.78, 5) is 52.4. The molecule has 1 saturated heterocycles. The first kappa shape index (κ1) is 18.8. The first-order valence-corrected chi connectivity index (χ1v) is 7.95. The number of azide groups is 1. The van der Waals surface area contributed by atoms with Crippen molar-refractivity contribution in [2.75, 3.05) is 0 Å². The van der Waals surface area contributed by atoms with Gasteiger partial charge in [0.25, 0.3) is 27.6 Å². The number of carbonyl (C=O) groups excluding carboxylic acids is 3. The maximum atomic E-state index is 12.1. The fraction of sp³-hybridized carbons (Fsp3) is 0.182. The number of hydroxylamine groups is 2. The summed E-state index contributed by atoms with van der Waals surface area (Å²) in [5.74, 6) is -4.26. The number of benzene rings is 1. The molecule has 1 heterocycles. The van der Waals surface area contributed by atoms with Crippen LogP contribution in [0.2, 0.25) is 0 Å². The molecule has 15 heteroatoms. The molecule has 0 spiro atoms. The Kier molecular flexibility index (Phi) is 4.88. The van der Waals surface area contributed by atoms with Crippen molar-refractivity contribution < 1.29 is 37.1 Å². The molecule has 2 amide bonds. The lowest BCUT2D eigenvalue weighted by Crippen LogP contribution is -2.36. The highest BCUT2D eigenvalue weighted by Gasteiger charge is 2.48. The van der Waals surface area contributed by atoms with Crippen molar-refractivity contribution >= 4 is 39.3 Å². The number of nitro benzene ring substituents is 1. The van der Waals surface area contributed by atoms with Gasteiger partial charge in [-0.05, 0) is 11.6 Å². The summed E-state index contributed by atoms with van der Waals surface area (Å²) in [6, 6.07) is 2.65. The molecule has 1 atom stereocenters. The fourth-order valence-corrected chi connectivity index (χ4v) is 2.70. The van der Waals surface area contributed by atoms with Gasteiger partial charge < -0.3 is 4.84 Å². The van der Waals surface area contributed by atoms with Crippen LogP contribution in [0, 0.1) is 10.1 Å². The van der Waals surface area contributed by atoms with Gasteiger partial charge in [-0.3, -0.25) is 24.3 Å². The molecule has 0 bridgehead atoms. The summed E-state index contributed by atoms with van der Waals surface area (Å²) >= 11 is 0. The van der Waals surface area contributed by atoms with Crippen molar-refractivity contribution in [3.05, 3.63) is 44.3 Å². The Labute approximate surface area is 143 Å². The van der Waals surface area contributed by atoms with Crippen LogP contribution >= 0.6 is 0 Å². The zero-order valence-corrected chi connectivity index (χ0v) is 13.2. The van der Waals surface area contributed by atoms with Crippen LogP contribution in [0.4, 0.5) is 11.4 Å². The average Bonchev–Trinajstić information content (AvgIpc) is 2.83. The standard InChI is InChI=1S/C11H7N5O9S/c12-14-13-5-1-2-6(7(3-5)16(20)21)11(19)25-15-9(17)4-8(10(15)18)26(22,23)24/h1-3,8H,4H2,(H,22,23,24). The van der Waals surface area contributed by atoms with Gasteiger partial charge in [0.2, 0.25) is 0 Å². The summed E-state index contributed by atoms with van der Waals surface area (Å²) < 4.78 is 30.9. The fourth-order valence-electron chi connectivity index (χ4n) is 2.00. The quantitative estimate of drug-likeness (QED) is 0.143. The third-order valence-corrected chi connectivity index (χ3v) is 4.24. The van der Waals surface area contributed by atoms with E-state index < -0.39 is 55.7 Å². The Balaban J connectivity index is 2.33. The Morgan fingerprint density at radius 1 is 1.46 bits per heavy atom. The molecule has 0 radical (unpaired) electrons. The van der Waals surface area contributed by atoms with Crippen LogP contribution in [-0.4, -0.2) is 46.0 Å². The number of carbonyl (C=O) groups is 3. The van der Waals surface area contributed by atoms with Gasteiger partial charge in [-0.25, -0.2) is 4.79 Å². The second kappa shape index (κ2) is 6.75. The predicted octanol–water partition coefficient (Wildman–Crippen LogP) is 0.624. The molecule has 1 aromatic rings. The number of hydrogen-bond acceptors (Lipinski definition) is 9. The molecular weight excluding hydrogens is 378 g/mol. The Bertz CT molecular complexity index is 982. The highest BCUT2D eigenvalue weighted by Crippen LogP contribution is 2.27. The van der Waals surface area contributed by atoms with E-state index in [2.05, 4.69) is 14.9 Å². The Hall–Kier alpha value is -3.55. The predicted molar refractivity (Wildman–Crippen MR) is 79.1 cm³/mol. The number of rotatable bonds is 5. The third-order valence-electron chi connectivity index (χ3n) is 3.15. The number of imide groups is 1. The molecule has 1 N–H and O–H groups in total. The highest BCUT2D eigenvalue weighted by atomic mass is 32.2. The zero-order valence-electron chi connectivity index (χ0n) is 12.4. The van der Waals surface area contributed by atoms with Crippen molar-refractivity contribution in [2.24, 2.45) is 5.11 Å². The molecule has 1 aliphatic heterocycles. The maximum absolute atomic E-state index is 12.1. The Morgan fingerprint density at radius 2 is 2.12 bits per heavy atom. The SMILES string of the molecule is [N-]=[N+]=Nc1ccc(C(=O)ON2C(=O)CC(S(=O)(=O)O)C2=O)c([N+](=O)[O-])c1. The van der Waals surface area contributed by atoms with E-state index in [1.807, 2.05) is 0 Å². The molecule has 26 heavy (non-hydrogen) atoms. The lowest BCUT2D eigenvalue weighted by Gasteiger charge is -2.13. The van der Waals surface area contributed by atoms with E-state index in [4.69, 9.17) is 10.1 Å². The van der Waals surface area contributed by atoms with Crippen LogP contribution < -0.4 is 0 Å². The van der Waals surface area contributed by atoms with E-state index in [1.165, 1.54) is 0 Å². The first-order valence-electron chi connectivity index (χ1n) is 6.45. The van der Waals surface area contributed by atoms with Gasteiger partial charge in [-0.15, -0.1) is 5.06 Å².